The molecule has 0 aromatic heterocycles. The first-order valence-corrected chi connectivity index (χ1v) is 7.69. The fourth-order valence-corrected chi connectivity index (χ4v) is 2.52. The van der Waals surface area contributed by atoms with E-state index in [0.29, 0.717) is 5.41 Å². The van der Waals surface area contributed by atoms with Gasteiger partial charge in [-0.2, -0.15) is 0 Å². The molecule has 1 unspecified atom stereocenters. The van der Waals surface area contributed by atoms with E-state index in [0.717, 1.165) is 25.9 Å². The summed E-state index contributed by atoms with van der Waals surface area (Å²) >= 11 is 0. The van der Waals surface area contributed by atoms with E-state index in [-0.39, 0.29) is 17.3 Å². The van der Waals surface area contributed by atoms with Gasteiger partial charge in [-0.3, -0.25) is 0 Å². The fourth-order valence-electron chi connectivity index (χ4n) is 2.52. The van der Waals surface area contributed by atoms with Crippen LogP contribution in [0.1, 0.15) is 81.6 Å². The molecule has 0 N–H and O–H groups in total. The van der Waals surface area contributed by atoms with Gasteiger partial charge in [-0.25, -0.2) is 0 Å². The monoisotopic (exact) mass is 272 g/mol. The summed E-state index contributed by atoms with van der Waals surface area (Å²) in [6.45, 7) is 20.5. The van der Waals surface area contributed by atoms with E-state index in [9.17, 15) is 0 Å². The largest absolute Gasteiger partial charge is 0.375 e. The second-order valence-electron chi connectivity index (χ2n) is 8.18. The van der Waals surface area contributed by atoms with E-state index >= 15 is 0 Å². The van der Waals surface area contributed by atoms with Crippen LogP contribution in [0.25, 0.3) is 0 Å². The average Bonchev–Trinajstić information content (AvgIpc) is 2.12. The zero-order chi connectivity index (χ0) is 15.3. The third-order valence-corrected chi connectivity index (χ3v) is 3.34. The van der Waals surface area contributed by atoms with Crippen molar-refractivity contribution in [3.8, 4) is 0 Å². The van der Waals surface area contributed by atoms with E-state index in [1.54, 1.807) is 0 Å². The maximum atomic E-state index is 6.04. The minimum atomic E-state index is -0.0573. The molecule has 0 radical (unpaired) electrons. The summed E-state index contributed by atoms with van der Waals surface area (Å²) in [6.07, 6.45) is 3.31. The fraction of sp³-hybridized carbons (Fsp3) is 1.00. The Hall–Kier alpha value is -0.0800. The molecule has 0 rings (SSSR count). The van der Waals surface area contributed by atoms with E-state index in [2.05, 4.69) is 62.3 Å². The zero-order valence-electron chi connectivity index (χ0n) is 14.7. The van der Waals surface area contributed by atoms with Crippen LogP contribution in [0.4, 0.5) is 0 Å². The standard InChI is InChI=1S/C17H36O2/c1-10-16(6,7)19-14(2)11-12-18-17(8,9)13-15(3,4)5/h14H,10-13H2,1-9H3. The summed E-state index contributed by atoms with van der Waals surface area (Å²) in [6, 6.07) is 0. The molecule has 0 aliphatic heterocycles. The molecule has 0 aromatic rings. The molecule has 116 valence electrons. The first-order valence-electron chi connectivity index (χ1n) is 7.69. The molecule has 0 spiro atoms. The summed E-state index contributed by atoms with van der Waals surface area (Å²) in [5, 5.41) is 0. The molecule has 1 atom stereocenters. The highest BCUT2D eigenvalue weighted by Crippen LogP contribution is 2.29. The Kier molecular flexibility index (Phi) is 7.05. The minimum Gasteiger partial charge on any atom is -0.375 e. The normalized spacial score (nSPS) is 15.6. The third-order valence-electron chi connectivity index (χ3n) is 3.34. The highest BCUT2D eigenvalue weighted by molar-refractivity contribution is 4.77. The van der Waals surface area contributed by atoms with Gasteiger partial charge in [0.2, 0.25) is 0 Å². The van der Waals surface area contributed by atoms with E-state index < -0.39 is 0 Å². The molecule has 0 aromatic carbocycles. The van der Waals surface area contributed by atoms with E-state index in [1.807, 2.05) is 0 Å². The summed E-state index contributed by atoms with van der Waals surface area (Å²) in [5.41, 5.74) is 0.217. The van der Waals surface area contributed by atoms with Gasteiger partial charge in [0.1, 0.15) is 0 Å². The van der Waals surface area contributed by atoms with Crippen molar-refractivity contribution in [2.45, 2.75) is 98.9 Å². The first kappa shape index (κ1) is 18.9. The molecule has 0 heterocycles. The van der Waals surface area contributed by atoms with Crippen molar-refractivity contribution in [3.63, 3.8) is 0 Å². The van der Waals surface area contributed by atoms with Crippen LogP contribution in [0.5, 0.6) is 0 Å². The zero-order valence-corrected chi connectivity index (χ0v) is 14.7. The van der Waals surface area contributed by atoms with Gasteiger partial charge < -0.3 is 9.47 Å². The van der Waals surface area contributed by atoms with Crippen molar-refractivity contribution in [3.05, 3.63) is 0 Å². The Labute approximate surface area is 121 Å². The van der Waals surface area contributed by atoms with Crippen LogP contribution in [0, 0.1) is 5.41 Å². The van der Waals surface area contributed by atoms with Crippen LogP contribution < -0.4 is 0 Å². The molecule has 19 heavy (non-hydrogen) atoms. The summed E-state index contributed by atoms with van der Waals surface area (Å²) in [4.78, 5) is 0. The molecule has 2 heteroatoms. The number of hydrogen-bond donors (Lipinski definition) is 0. The van der Waals surface area contributed by atoms with E-state index in [4.69, 9.17) is 9.47 Å². The highest BCUT2D eigenvalue weighted by atomic mass is 16.5. The Bertz CT molecular complexity index is 248. The number of rotatable bonds is 8. The van der Waals surface area contributed by atoms with Crippen LogP contribution in [0.3, 0.4) is 0 Å². The van der Waals surface area contributed by atoms with E-state index in [1.165, 1.54) is 0 Å². The van der Waals surface area contributed by atoms with Gasteiger partial charge >= 0.3 is 0 Å². The molecular weight excluding hydrogens is 236 g/mol. The van der Waals surface area contributed by atoms with Crippen molar-refractivity contribution >= 4 is 0 Å². The maximum Gasteiger partial charge on any atom is 0.0631 e. The topological polar surface area (TPSA) is 18.5 Å². The lowest BCUT2D eigenvalue weighted by atomic mass is 9.83. The molecular formula is C17H36O2. The number of hydrogen-bond acceptors (Lipinski definition) is 2. The molecule has 0 aliphatic carbocycles. The first-order chi connectivity index (χ1) is 8.37. The van der Waals surface area contributed by atoms with Gasteiger partial charge in [-0.1, -0.05) is 27.7 Å². The molecule has 2 nitrogen and oxygen atoms in total. The summed E-state index contributed by atoms with van der Waals surface area (Å²) in [5.74, 6) is 0. The Morgan fingerprint density at radius 3 is 1.84 bits per heavy atom. The second kappa shape index (κ2) is 7.08. The van der Waals surface area contributed by atoms with Crippen molar-refractivity contribution in [1.82, 2.24) is 0 Å². The SMILES string of the molecule is CCC(C)(C)OC(C)CCOC(C)(C)CC(C)(C)C. The molecule has 0 bridgehead atoms. The predicted molar refractivity (Wildman–Crippen MR) is 83.6 cm³/mol. The average molecular weight is 272 g/mol. The smallest absolute Gasteiger partial charge is 0.0631 e. The predicted octanol–water partition coefficient (Wildman–Crippen LogP) is 5.20. The van der Waals surface area contributed by atoms with Gasteiger partial charge in [0.05, 0.1) is 17.3 Å². The third kappa shape index (κ3) is 10.4. The molecule has 0 saturated heterocycles. The summed E-state index contributed by atoms with van der Waals surface area (Å²) < 4.78 is 12.1. The molecule has 0 amide bonds. The molecule has 0 saturated carbocycles. The summed E-state index contributed by atoms with van der Waals surface area (Å²) in [7, 11) is 0. The highest BCUT2D eigenvalue weighted by Gasteiger charge is 2.26. The quantitative estimate of drug-likeness (QED) is 0.604. The maximum absolute atomic E-state index is 6.04. The lowest BCUT2D eigenvalue weighted by Crippen LogP contribution is -2.33. The van der Waals surface area contributed by atoms with Gasteiger partial charge in [0.25, 0.3) is 0 Å². The van der Waals surface area contributed by atoms with Crippen LogP contribution >= 0.6 is 0 Å². The lowest BCUT2D eigenvalue weighted by Gasteiger charge is -2.33. The van der Waals surface area contributed by atoms with Gasteiger partial charge in [-0.15, -0.1) is 0 Å². The van der Waals surface area contributed by atoms with Gasteiger partial charge in [-0.05, 0) is 59.3 Å². The van der Waals surface area contributed by atoms with Gasteiger partial charge in [0, 0.05) is 6.61 Å². The van der Waals surface area contributed by atoms with Crippen molar-refractivity contribution < 1.29 is 9.47 Å². The van der Waals surface area contributed by atoms with Crippen LogP contribution in [0.2, 0.25) is 0 Å². The Morgan fingerprint density at radius 2 is 1.42 bits per heavy atom. The van der Waals surface area contributed by atoms with Crippen molar-refractivity contribution in [2.75, 3.05) is 6.61 Å². The van der Waals surface area contributed by atoms with Crippen molar-refractivity contribution in [1.29, 1.82) is 0 Å². The Balaban J connectivity index is 4.02. The molecule has 0 fully saturated rings. The van der Waals surface area contributed by atoms with Crippen LogP contribution in [-0.4, -0.2) is 23.9 Å². The number of ether oxygens (including phenoxy) is 2. The lowest BCUT2D eigenvalue weighted by molar-refractivity contribution is -0.0942. The Morgan fingerprint density at radius 1 is 0.895 bits per heavy atom. The van der Waals surface area contributed by atoms with Crippen LogP contribution in [0.15, 0.2) is 0 Å². The van der Waals surface area contributed by atoms with Crippen LogP contribution in [-0.2, 0) is 9.47 Å². The minimum absolute atomic E-state index is 0.0274. The van der Waals surface area contributed by atoms with Crippen molar-refractivity contribution in [2.24, 2.45) is 5.41 Å². The second-order valence-corrected chi connectivity index (χ2v) is 8.18. The molecule has 0 aliphatic rings. The van der Waals surface area contributed by atoms with Gasteiger partial charge in [0.15, 0.2) is 0 Å².